The highest BCUT2D eigenvalue weighted by Crippen LogP contribution is 2.31. The summed E-state index contributed by atoms with van der Waals surface area (Å²) in [4.78, 5) is 0. The fourth-order valence-electron chi connectivity index (χ4n) is 4.66. The van der Waals surface area contributed by atoms with Crippen LogP contribution in [0.4, 0.5) is 0 Å². The Labute approximate surface area is 165 Å². The van der Waals surface area contributed by atoms with Crippen molar-refractivity contribution in [2.24, 2.45) is 11.8 Å². The van der Waals surface area contributed by atoms with Crippen LogP contribution in [0.15, 0.2) is 0 Å². The predicted molar refractivity (Wildman–Crippen MR) is 119 cm³/mol. The molecular weight excluding hydrogens is 320 g/mol. The average molecular weight is 369 g/mol. The van der Waals surface area contributed by atoms with Gasteiger partial charge in [-0.1, -0.05) is 122 Å². The number of hydrogen-bond acceptors (Lipinski definition) is 1. The van der Waals surface area contributed by atoms with Crippen LogP contribution in [0.25, 0.3) is 0 Å². The van der Waals surface area contributed by atoms with E-state index in [1.807, 2.05) is 0 Å². The second-order valence-electron chi connectivity index (χ2n) is 8.95. The Morgan fingerprint density at radius 1 is 0.640 bits per heavy atom. The zero-order valence-corrected chi connectivity index (χ0v) is 18.3. The monoisotopic (exact) mass is 368 g/mol. The van der Waals surface area contributed by atoms with Crippen LogP contribution in [0.3, 0.4) is 0 Å². The Morgan fingerprint density at radius 3 is 1.48 bits per heavy atom. The standard InChI is InChI=1S/C24H48S/c1-23(22-24-19-15-16-20-24)18-14-12-10-8-6-4-2-3-5-7-9-11-13-17-21-25/h23-25H,2-22H2,1H3. The van der Waals surface area contributed by atoms with E-state index in [4.69, 9.17) is 0 Å². The summed E-state index contributed by atoms with van der Waals surface area (Å²) in [6, 6.07) is 0. The van der Waals surface area contributed by atoms with E-state index in [1.165, 1.54) is 128 Å². The van der Waals surface area contributed by atoms with E-state index in [9.17, 15) is 0 Å². The summed E-state index contributed by atoms with van der Waals surface area (Å²) in [7, 11) is 0. The maximum atomic E-state index is 4.27. The van der Waals surface area contributed by atoms with E-state index in [0.29, 0.717) is 0 Å². The molecule has 0 aromatic rings. The van der Waals surface area contributed by atoms with Crippen LogP contribution in [-0.2, 0) is 0 Å². The molecule has 0 N–H and O–H groups in total. The molecule has 0 heterocycles. The Bertz CT molecular complexity index is 257. The molecule has 0 amide bonds. The summed E-state index contributed by atoms with van der Waals surface area (Å²) in [5.74, 6) is 3.14. The molecule has 0 bridgehead atoms. The van der Waals surface area contributed by atoms with Crippen molar-refractivity contribution in [2.75, 3.05) is 5.75 Å². The highest BCUT2D eigenvalue weighted by Gasteiger charge is 2.17. The molecule has 1 unspecified atom stereocenters. The smallest absolute Gasteiger partial charge is 0.00979 e. The Balaban J connectivity index is 1.70. The SMILES string of the molecule is CC(CCCCCCCCCCCCCCCCS)CC1CCCC1. The predicted octanol–water partition coefficient (Wildman–Crippen LogP) is 8.98. The van der Waals surface area contributed by atoms with Gasteiger partial charge in [-0.3, -0.25) is 0 Å². The third-order valence-corrected chi connectivity index (χ3v) is 6.63. The summed E-state index contributed by atoms with van der Waals surface area (Å²) in [6.07, 6.45) is 29.5. The molecule has 0 radical (unpaired) electrons. The van der Waals surface area contributed by atoms with Crippen molar-refractivity contribution < 1.29 is 0 Å². The van der Waals surface area contributed by atoms with Gasteiger partial charge in [-0.25, -0.2) is 0 Å². The van der Waals surface area contributed by atoms with Gasteiger partial charge >= 0.3 is 0 Å². The van der Waals surface area contributed by atoms with Gasteiger partial charge in [0.05, 0.1) is 0 Å². The Hall–Kier alpha value is 0.350. The molecule has 25 heavy (non-hydrogen) atoms. The van der Waals surface area contributed by atoms with Crippen molar-refractivity contribution in [3.05, 3.63) is 0 Å². The van der Waals surface area contributed by atoms with Gasteiger partial charge in [0.1, 0.15) is 0 Å². The van der Waals surface area contributed by atoms with Crippen molar-refractivity contribution >= 4 is 12.6 Å². The van der Waals surface area contributed by atoms with Gasteiger partial charge < -0.3 is 0 Å². The first-order valence-corrected chi connectivity index (χ1v) is 12.6. The molecule has 1 fully saturated rings. The lowest BCUT2D eigenvalue weighted by molar-refractivity contribution is 0.367. The van der Waals surface area contributed by atoms with E-state index in [2.05, 4.69) is 19.6 Å². The molecule has 1 atom stereocenters. The van der Waals surface area contributed by atoms with Gasteiger partial charge in [0.2, 0.25) is 0 Å². The lowest BCUT2D eigenvalue weighted by Crippen LogP contribution is -2.02. The molecule has 1 aliphatic rings. The molecule has 1 heteroatoms. The van der Waals surface area contributed by atoms with Crippen molar-refractivity contribution in [2.45, 2.75) is 135 Å². The molecular formula is C24H48S. The molecule has 150 valence electrons. The molecule has 0 spiro atoms. The van der Waals surface area contributed by atoms with Gasteiger partial charge in [0.15, 0.2) is 0 Å². The van der Waals surface area contributed by atoms with Crippen LogP contribution < -0.4 is 0 Å². The lowest BCUT2D eigenvalue weighted by atomic mass is 9.90. The topological polar surface area (TPSA) is 0 Å². The summed E-state index contributed by atoms with van der Waals surface area (Å²) >= 11 is 4.27. The second-order valence-corrected chi connectivity index (χ2v) is 9.40. The van der Waals surface area contributed by atoms with Gasteiger partial charge in [-0.2, -0.15) is 12.6 Å². The number of hydrogen-bond donors (Lipinski definition) is 1. The minimum atomic E-state index is 0.987. The Morgan fingerprint density at radius 2 is 1.04 bits per heavy atom. The van der Waals surface area contributed by atoms with E-state index < -0.39 is 0 Å². The quantitative estimate of drug-likeness (QED) is 0.181. The molecule has 1 saturated carbocycles. The molecule has 0 nitrogen and oxygen atoms in total. The van der Waals surface area contributed by atoms with Crippen molar-refractivity contribution in [3.63, 3.8) is 0 Å². The zero-order valence-electron chi connectivity index (χ0n) is 17.5. The van der Waals surface area contributed by atoms with Gasteiger partial charge in [0, 0.05) is 0 Å². The first-order valence-electron chi connectivity index (χ1n) is 11.9. The van der Waals surface area contributed by atoms with Crippen molar-refractivity contribution in [1.82, 2.24) is 0 Å². The lowest BCUT2D eigenvalue weighted by Gasteiger charge is -2.15. The first kappa shape index (κ1) is 23.4. The van der Waals surface area contributed by atoms with Gasteiger partial charge in [-0.15, -0.1) is 0 Å². The largest absolute Gasteiger partial charge is 0.179 e. The summed E-state index contributed by atoms with van der Waals surface area (Å²) in [5.41, 5.74) is 0. The van der Waals surface area contributed by atoms with Crippen LogP contribution in [0.1, 0.15) is 135 Å². The van der Waals surface area contributed by atoms with Crippen LogP contribution >= 0.6 is 12.6 Å². The highest BCUT2D eigenvalue weighted by molar-refractivity contribution is 7.80. The minimum absolute atomic E-state index is 0.987. The fraction of sp³-hybridized carbons (Fsp3) is 1.00. The molecule has 0 saturated heterocycles. The van der Waals surface area contributed by atoms with Crippen LogP contribution in [0.5, 0.6) is 0 Å². The summed E-state index contributed by atoms with van der Waals surface area (Å²) in [6.45, 7) is 2.50. The summed E-state index contributed by atoms with van der Waals surface area (Å²) in [5, 5.41) is 0. The van der Waals surface area contributed by atoms with Crippen LogP contribution in [0, 0.1) is 11.8 Å². The van der Waals surface area contributed by atoms with Crippen LogP contribution in [0.2, 0.25) is 0 Å². The Kier molecular flexibility index (Phi) is 16.6. The number of thiol groups is 1. The number of rotatable bonds is 18. The molecule has 0 aliphatic heterocycles. The van der Waals surface area contributed by atoms with E-state index in [0.717, 1.165) is 17.6 Å². The van der Waals surface area contributed by atoms with Gasteiger partial charge in [0.25, 0.3) is 0 Å². The normalized spacial score (nSPS) is 16.6. The maximum Gasteiger partial charge on any atom is -0.00979 e. The molecule has 0 aromatic carbocycles. The van der Waals surface area contributed by atoms with E-state index in [1.54, 1.807) is 0 Å². The average Bonchev–Trinajstić information content (AvgIpc) is 3.11. The van der Waals surface area contributed by atoms with Gasteiger partial charge in [-0.05, 0) is 30.4 Å². The second kappa shape index (κ2) is 17.7. The highest BCUT2D eigenvalue weighted by atomic mass is 32.1. The maximum absolute atomic E-state index is 4.27. The third kappa shape index (κ3) is 15.1. The van der Waals surface area contributed by atoms with E-state index >= 15 is 0 Å². The zero-order chi connectivity index (χ0) is 18.0. The molecule has 1 rings (SSSR count). The molecule has 1 aliphatic carbocycles. The number of unbranched alkanes of at least 4 members (excludes halogenated alkanes) is 13. The van der Waals surface area contributed by atoms with E-state index in [-0.39, 0.29) is 0 Å². The third-order valence-electron chi connectivity index (χ3n) is 6.32. The first-order chi connectivity index (χ1) is 12.3. The fourth-order valence-corrected chi connectivity index (χ4v) is 4.88. The summed E-state index contributed by atoms with van der Waals surface area (Å²) < 4.78 is 0. The minimum Gasteiger partial charge on any atom is -0.179 e. The van der Waals surface area contributed by atoms with Crippen molar-refractivity contribution in [1.29, 1.82) is 0 Å². The van der Waals surface area contributed by atoms with Crippen LogP contribution in [-0.4, -0.2) is 5.75 Å². The molecule has 0 aromatic heterocycles. The van der Waals surface area contributed by atoms with Crippen molar-refractivity contribution in [3.8, 4) is 0 Å².